The maximum atomic E-state index is 12.5. The lowest BCUT2D eigenvalue weighted by atomic mass is 9.95. The molecule has 0 radical (unpaired) electrons. The van der Waals surface area contributed by atoms with Crippen molar-refractivity contribution in [3.05, 3.63) is 64.7 Å². The zero-order valence-electron chi connectivity index (χ0n) is 15.8. The summed E-state index contributed by atoms with van der Waals surface area (Å²) in [6, 6.07) is 13.1. The van der Waals surface area contributed by atoms with E-state index >= 15 is 0 Å². The van der Waals surface area contributed by atoms with Crippen LogP contribution in [0.2, 0.25) is 0 Å². The molecule has 1 heterocycles. The van der Waals surface area contributed by atoms with Gasteiger partial charge in [-0.15, -0.1) is 12.4 Å². The molecular weight excluding hydrogens is 362 g/mol. The maximum absolute atomic E-state index is 12.5. The average Bonchev–Trinajstić information content (AvgIpc) is 2.60. The molecule has 5 nitrogen and oxygen atoms in total. The molecule has 0 spiro atoms. The number of amides is 2. The molecule has 2 atom stereocenters. The molecule has 2 aromatic carbocycles. The average molecular weight is 388 g/mol. The minimum atomic E-state index is -0.609. The van der Waals surface area contributed by atoms with Crippen LogP contribution in [0.15, 0.2) is 42.5 Å². The van der Waals surface area contributed by atoms with E-state index in [4.69, 9.17) is 0 Å². The van der Waals surface area contributed by atoms with E-state index in [0.29, 0.717) is 13.0 Å². The van der Waals surface area contributed by atoms with Crippen molar-refractivity contribution < 1.29 is 9.59 Å². The van der Waals surface area contributed by atoms with Gasteiger partial charge in [0.1, 0.15) is 6.04 Å². The van der Waals surface area contributed by atoms with Gasteiger partial charge in [-0.2, -0.15) is 0 Å². The summed E-state index contributed by atoms with van der Waals surface area (Å²) in [6.07, 6.45) is 0.632. The Bertz CT molecular complexity index is 818. The number of benzene rings is 2. The molecule has 0 saturated carbocycles. The zero-order chi connectivity index (χ0) is 18.7. The van der Waals surface area contributed by atoms with Gasteiger partial charge in [0.15, 0.2) is 0 Å². The van der Waals surface area contributed by atoms with E-state index in [9.17, 15) is 9.59 Å². The highest BCUT2D eigenvalue weighted by molar-refractivity contribution is 5.97. The normalized spacial score (nSPS) is 16.5. The van der Waals surface area contributed by atoms with E-state index < -0.39 is 6.04 Å². The Morgan fingerprint density at radius 2 is 1.70 bits per heavy atom. The van der Waals surface area contributed by atoms with Crippen LogP contribution in [0.25, 0.3) is 0 Å². The molecule has 0 fully saturated rings. The van der Waals surface area contributed by atoms with Crippen LogP contribution in [0.4, 0.5) is 5.69 Å². The van der Waals surface area contributed by atoms with E-state index in [-0.39, 0.29) is 30.3 Å². The van der Waals surface area contributed by atoms with Crippen molar-refractivity contribution >= 4 is 29.9 Å². The summed E-state index contributed by atoms with van der Waals surface area (Å²) in [5, 5.41) is 8.93. The molecule has 0 bridgehead atoms. The molecule has 0 unspecified atom stereocenters. The van der Waals surface area contributed by atoms with Crippen LogP contribution in [-0.4, -0.2) is 23.9 Å². The molecule has 2 amide bonds. The quantitative estimate of drug-likeness (QED) is 0.755. The minimum absolute atomic E-state index is 0. The second kappa shape index (κ2) is 9.02. The predicted molar refractivity (Wildman–Crippen MR) is 110 cm³/mol. The summed E-state index contributed by atoms with van der Waals surface area (Å²) in [5.41, 5.74) is 5.32. The minimum Gasteiger partial charge on any atom is -0.343 e. The Labute approximate surface area is 166 Å². The molecule has 2 aromatic rings. The van der Waals surface area contributed by atoms with Gasteiger partial charge in [-0.25, -0.2) is 0 Å². The van der Waals surface area contributed by atoms with E-state index in [2.05, 4.69) is 22.0 Å². The molecular formula is C21H26ClN3O2. The van der Waals surface area contributed by atoms with E-state index in [1.807, 2.05) is 50.2 Å². The number of halogens is 1. The van der Waals surface area contributed by atoms with Crippen LogP contribution in [0.3, 0.4) is 0 Å². The van der Waals surface area contributed by atoms with Crippen LogP contribution in [-0.2, 0) is 22.6 Å². The van der Waals surface area contributed by atoms with Gasteiger partial charge in [0, 0.05) is 12.2 Å². The summed E-state index contributed by atoms with van der Waals surface area (Å²) in [7, 11) is 0. The molecule has 3 rings (SSSR count). The van der Waals surface area contributed by atoms with E-state index in [1.165, 1.54) is 11.1 Å². The number of hydrogen-bond acceptors (Lipinski definition) is 3. The van der Waals surface area contributed by atoms with Gasteiger partial charge >= 0.3 is 0 Å². The number of hydrogen-bond donors (Lipinski definition) is 3. The van der Waals surface area contributed by atoms with Crippen molar-refractivity contribution in [3.8, 4) is 0 Å². The van der Waals surface area contributed by atoms with Crippen LogP contribution in [0, 0.1) is 13.8 Å². The smallest absolute Gasteiger partial charge is 0.246 e. The number of anilines is 1. The number of aryl methyl sites for hydroxylation is 2. The molecule has 144 valence electrons. The van der Waals surface area contributed by atoms with Crippen LogP contribution in [0.5, 0.6) is 0 Å². The molecule has 0 aliphatic carbocycles. The van der Waals surface area contributed by atoms with Gasteiger partial charge < -0.3 is 16.0 Å². The lowest BCUT2D eigenvalue weighted by Gasteiger charge is -2.26. The second-order valence-electron chi connectivity index (χ2n) is 7.00. The van der Waals surface area contributed by atoms with Gasteiger partial charge in [0.2, 0.25) is 11.8 Å². The lowest BCUT2D eigenvalue weighted by Crippen LogP contribution is -2.52. The lowest BCUT2D eigenvalue weighted by molar-refractivity contribution is -0.127. The Balaban J connectivity index is 0.00000261. The van der Waals surface area contributed by atoms with Gasteiger partial charge in [-0.1, -0.05) is 30.3 Å². The first-order valence-corrected chi connectivity index (χ1v) is 8.92. The van der Waals surface area contributed by atoms with Crippen molar-refractivity contribution in [1.82, 2.24) is 10.6 Å². The molecule has 0 aromatic heterocycles. The second-order valence-corrected chi connectivity index (χ2v) is 7.00. The standard InChI is InChI=1S/C21H25N3O2.ClH/c1-13-8-14(2)10-18(9-13)24-20(25)15(3)23-21(26)19-11-16-6-4-5-7-17(16)12-22-19;/h4-10,15,19,22H,11-12H2,1-3H3,(H,23,26)(H,24,25);1H/t15-,19-;/m0./s1. The SMILES string of the molecule is Cc1cc(C)cc(NC(=O)[C@H](C)NC(=O)[C@@H]2Cc3ccccc3CN2)c1.Cl. The fourth-order valence-corrected chi connectivity index (χ4v) is 3.32. The molecule has 1 aliphatic rings. The highest BCUT2D eigenvalue weighted by atomic mass is 35.5. The van der Waals surface area contributed by atoms with Crippen molar-refractivity contribution in [2.24, 2.45) is 0 Å². The maximum Gasteiger partial charge on any atom is 0.246 e. The topological polar surface area (TPSA) is 70.2 Å². The fraction of sp³-hybridized carbons (Fsp3) is 0.333. The summed E-state index contributed by atoms with van der Waals surface area (Å²) >= 11 is 0. The predicted octanol–water partition coefficient (Wildman–Crippen LogP) is 2.88. The third-order valence-corrected chi connectivity index (χ3v) is 4.64. The van der Waals surface area contributed by atoms with Gasteiger partial charge in [0.05, 0.1) is 6.04 Å². The largest absolute Gasteiger partial charge is 0.343 e. The Hall–Kier alpha value is -2.37. The third kappa shape index (κ3) is 5.31. The highest BCUT2D eigenvalue weighted by Crippen LogP contribution is 2.17. The molecule has 0 saturated heterocycles. The van der Waals surface area contributed by atoms with Crippen LogP contribution >= 0.6 is 12.4 Å². The number of rotatable bonds is 4. The van der Waals surface area contributed by atoms with Crippen molar-refractivity contribution in [2.75, 3.05) is 5.32 Å². The number of nitrogens with one attached hydrogen (secondary N) is 3. The van der Waals surface area contributed by atoms with Crippen LogP contribution in [0.1, 0.15) is 29.2 Å². The Morgan fingerprint density at radius 3 is 2.37 bits per heavy atom. The fourth-order valence-electron chi connectivity index (χ4n) is 3.32. The Morgan fingerprint density at radius 1 is 1.07 bits per heavy atom. The summed E-state index contributed by atoms with van der Waals surface area (Å²) in [4.78, 5) is 24.9. The van der Waals surface area contributed by atoms with Crippen molar-refractivity contribution in [1.29, 1.82) is 0 Å². The third-order valence-electron chi connectivity index (χ3n) is 4.64. The van der Waals surface area contributed by atoms with Crippen molar-refractivity contribution in [3.63, 3.8) is 0 Å². The van der Waals surface area contributed by atoms with E-state index in [1.54, 1.807) is 6.92 Å². The number of carbonyl (C=O) groups excluding carboxylic acids is 2. The summed E-state index contributed by atoms with van der Waals surface area (Å²) in [6.45, 7) is 6.34. The first-order valence-electron chi connectivity index (χ1n) is 8.92. The molecule has 27 heavy (non-hydrogen) atoms. The van der Waals surface area contributed by atoms with E-state index in [0.717, 1.165) is 16.8 Å². The van der Waals surface area contributed by atoms with Crippen LogP contribution < -0.4 is 16.0 Å². The van der Waals surface area contributed by atoms with Gasteiger partial charge in [0.25, 0.3) is 0 Å². The van der Waals surface area contributed by atoms with Gasteiger partial charge in [-0.05, 0) is 61.6 Å². The number of fused-ring (bicyclic) bond motifs is 1. The number of carbonyl (C=O) groups is 2. The molecule has 6 heteroatoms. The summed E-state index contributed by atoms with van der Waals surface area (Å²) < 4.78 is 0. The van der Waals surface area contributed by atoms with Gasteiger partial charge in [-0.3, -0.25) is 9.59 Å². The first kappa shape index (κ1) is 20.9. The van der Waals surface area contributed by atoms with Crippen molar-refractivity contribution in [2.45, 2.75) is 45.8 Å². The summed E-state index contributed by atoms with van der Waals surface area (Å²) in [5.74, 6) is -0.373. The monoisotopic (exact) mass is 387 g/mol. The zero-order valence-corrected chi connectivity index (χ0v) is 16.7. The highest BCUT2D eigenvalue weighted by Gasteiger charge is 2.26. The Kier molecular flexibility index (Phi) is 6.99. The first-order chi connectivity index (χ1) is 12.4. The molecule has 3 N–H and O–H groups in total. The molecule has 1 aliphatic heterocycles.